The van der Waals surface area contributed by atoms with E-state index in [0.29, 0.717) is 0 Å². The monoisotopic (exact) mass is 285 g/mol. The number of nitrogens with one attached hydrogen (secondary N) is 1. The fraction of sp³-hybridized carbons (Fsp3) is 0.538. The molecule has 2 atom stereocenters. The van der Waals surface area contributed by atoms with E-state index in [-0.39, 0.29) is 11.3 Å². The molecule has 0 bridgehead atoms. The second-order valence-corrected chi connectivity index (χ2v) is 7.92. The molecule has 0 aliphatic heterocycles. The van der Waals surface area contributed by atoms with Gasteiger partial charge in [0.05, 0.1) is 5.25 Å². The van der Waals surface area contributed by atoms with E-state index in [0.717, 1.165) is 24.9 Å². The normalized spacial score (nSPS) is 24.1. The molecule has 100 valence electrons. The van der Waals surface area contributed by atoms with Crippen LogP contribution < -0.4 is 5.32 Å². The summed E-state index contributed by atoms with van der Waals surface area (Å²) in [6, 6.07) is 8.20. The Morgan fingerprint density at radius 2 is 1.89 bits per heavy atom. The maximum absolute atomic E-state index is 11.7. The van der Waals surface area contributed by atoms with E-state index in [1.807, 2.05) is 18.4 Å². The molecule has 0 aromatic heterocycles. The van der Waals surface area contributed by atoms with Crippen LogP contribution in [0.15, 0.2) is 29.2 Å². The van der Waals surface area contributed by atoms with E-state index in [1.54, 1.807) is 11.8 Å². The zero-order valence-electron chi connectivity index (χ0n) is 10.7. The van der Waals surface area contributed by atoms with Gasteiger partial charge in [0.2, 0.25) is 0 Å². The highest BCUT2D eigenvalue weighted by Gasteiger charge is 2.34. The van der Waals surface area contributed by atoms with Crippen LogP contribution in [0, 0.1) is 0 Å². The number of anilines is 1. The third kappa shape index (κ3) is 3.20. The molecule has 1 aromatic rings. The molecule has 1 N–H and O–H groups in total. The van der Waals surface area contributed by atoms with E-state index >= 15 is 0 Å². The van der Waals surface area contributed by atoms with Crippen molar-refractivity contribution in [3.63, 3.8) is 0 Å². The van der Waals surface area contributed by atoms with Crippen LogP contribution in [0.1, 0.15) is 19.3 Å². The highest BCUT2D eigenvalue weighted by Crippen LogP contribution is 2.28. The molecular weight excluding hydrogens is 266 g/mol. The lowest BCUT2D eigenvalue weighted by atomic mass is 10.2. The first-order valence-electron chi connectivity index (χ1n) is 6.10. The van der Waals surface area contributed by atoms with Crippen LogP contribution >= 0.6 is 11.8 Å². The summed E-state index contributed by atoms with van der Waals surface area (Å²) in [4.78, 5) is 1.21. The third-order valence-electron chi connectivity index (χ3n) is 3.44. The minimum absolute atomic E-state index is 0.0557. The fourth-order valence-corrected chi connectivity index (χ4v) is 4.31. The average molecular weight is 285 g/mol. The zero-order valence-corrected chi connectivity index (χ0v) is 12.4. The predicted octanol–water partition coefficient (Wildman–Crippen LogP) is 2.79. The summed E-state index contributed by atoms with van der Waals surface area (Å²) in [6.45, 7) is 0. The highest BCUT2D eigenvalue weighted by molar-refractivity contribution is 7.98. The summed E-state index contributed by atoms with van der Waals surface area (Å²) >= 11 is 1.70. The molecule has 1 aliphatic rings. The van der Waals surface area contributed by atoms with Crippen LogP contribution in [-0.2, 0) is 9.84 Å². The molecule has 0 radical (unpaired) electrons. The van der Waals surface area contributed by atoms with Crippen molar-refractivity contribution in [3.8, 4) is 0 Å². The number of hydrogen-bond acceptors (Lipinski definition) is 4. The molecule has 0 heterocycles. The van der Waals surface area contributed by atoms with Crippen molar-refractivity contribution in [1.82, 2.24) is 0 Å². The average Bonchev–Trinajstić information content (AvgIpc) is 2.78. The molecule has 0 amide bonds. The first-order valence-corrected chi connectivity index (χ1v) is 9.28. The van der Waals surface area contributed by atoms with Crippen molar-refractivity contribution in [3.05, 3.63) is 24.3 Å². The highest BCUT2D eigenvalue weighted by atomic mass is 32.2. The summed E-state index contributed by atoms with van der Waals surface area (Å²) in [5.41, 5.74) is 1.01. The Morgan fingerprint density at radius 1 is 1.22 bits per heavy atom. The van der Waals surface area contributed by atoms with Crippen LogP contribution in [0.4, 0.5) is 5.69 Å². The van der Waals surface area contributed by atoms with Gasteiger partial charge in [0.1, 0.15) is 0 Å². The molecule has 3 nitrogen and oxygen atoms in total. The van der Waals surface area contributed by atoms with Crippen molar-refractivity contribution in [2.75, 3.05) is 17.8 Å². The van der Waals surface area contributed by atoms with Crippen molar-refractivity contribution in [1.29, 1.82) is 0 Å². The molecule has 5 heteroatoms. The van der Waals surface area contributed by atoms with Gasteiger partial charge in [-0.15, -0.1) is 11.8 Å². The number of hydrogen-bond donors (Lipinski definition) is 1. The zero-order chi connectivity index (χ0) is 13.2. The number of rotatable bonds is 4. The lowest BCUT2D eigenvalue weighted by Gasteiger charge is -2.20. The quantitative estimate of drug-likeness (QED) is 0.864. The van der Waals surface area contributed by atoms with Gasteiger partial charge in [0, 0.05) is 22.9 Å². The molecule has 2 unspecified atom stereocenters. The van der Waals surface area contributed by atoms with E-state index in [4.69, 9.17) is 0 Å². The molecule has 0 saturated heterocycles. The van der Waals surface area contributed by atoms with E-state index < -0.39 is 9.84 Å². The van der Waals surface area contributed by atoms with Crippen LogP contribution in [0.2, 0.25) is 0 Å². The fourth-order valence-electron chi connectivity index (χ4n) is 2.50. The van der Waals surface area contributed by atoms with Crippen LogP contribution in [0.5, 0.6) is 0 Å². The summed E-state index contributed by atoms with van der Waals surface area (Å²) in [5, 5.41) is 3.12. The van der Waals surface area contributed by atoms with Gasteiger partial charge in [-0.25, -0.2) is 8.42 Å². The summed E-state index contributed by atoms with van der Waals surface area (Å²) in [5.74, 6) is 0. The Bertz CT molecular complexity index is 496. The van der Waals surface area contributed by atoms with Gasteiger partial charge in [0.15, 0.2) is 9.84 Å². The second-order valence-electron chi connectivity index (χ2n) is 4.78. The maximum Gasteiger partial charge on any atom is 0.152 e. The Balaban J connectivity index is 2.08. The smallest absolute Gasteiger partial charge is 0.152 e. The van der Waals surface area contributed by atoms with Crippen molar-refractivity contribution < 1.29 is 8.42 Å². The lowest BCUT2D eigenvalue weighted by molar-refractivity contribution is 0.579. The van der Waals surface area contributed by atoms with Gasteiger partial charge in [-0.05, 0) is 49.8 Å². The van der Waals surface area contributed by atoms with E-state index in [2.05, 4.69) is 17.4 Å². The van der Waals surface area contributed by atoms with Crippen LogP contribution in [-0.4, -0.2) is 32.2 Å². The van der Waals surface area contributed by atoms with Gasteiger partial charge in [-0.3, -0.25) is 0 Å². The molecule has 1 saturated carbocycles. The topological polar surface area (TPSA) is 46.2 Å². The van der Waals surface area contributed by atoms with Gasteiger partial charge in [0.25, 0.3) is 0 Å². The Kier molecular flexibility index (Phi) is 4.22. The van der Waals surface area contributed by atoms with Gasteiger partial charge in [-0.2, -0.15) is 0 Å². The molecule has 1 aromatic carbocycles. The molecule has 1 aliphatic carbocycles. The Labute approximate surface area is 113 Å². The SMILES string of the molecule is CSc1ccc(NC2CCCC2S(C)(=O)=O)cc1. The van der Waals surface area contributed by atoms with E-state index in [9.17, 15) is 8.42 Å². The van der Waals surface area contributed by atoms with Gasteiger partial charge >= 0.3 is 0 Å². The second kappa shape index (κ2) is 5.53. The summed E-state index contributed by atoms with van der Waals surface area (Å²) in [7, 11) is -2.95. The van der Waals surface area contributed by atoms with Crippen molar-refractivity contribution in [2.45, 2.75) is 35.4 Å². The molecule has 18 heavy (non-hydrogen) atoms. The molecular formula is C13H19NO2S2. The maximum atomic E-state index is 11.7. The van der Waals surface area contributed by atoms with Crippen molar-refractivity contribution in [2.24, 2.45) is 0 Å². The first kappa shape index (κ1) is 13.7. The van der Waals surface area contributed by atoms with Crippen LogP contribution in [0.25, 0.3) is 0 Å². The van der Waals surface area contributed by atoms with Crippen LogP contribution in [0.3, 0.4) is 0 Å². The van der Waals surface area contributed by atoms with Gasteiger partial charge in [-0.1, -0.05) is 0 Å². The minimum Gasteiger partial charge on any atom is -0.381 e. The Morgan fingerprint density at radius 3 is 2.44 bits per heavy atom. The summed E-state index contributed by atoms with van der Waals surface area (Å²) in [6.07, 6.45) is 6.08. The minimum atomic E-state index is -2.95. The number of benzene rings is 1. The summed E-state index contributed by atoms with van der Waals surface area (Å²) < 4.78 is 23.4. The standard InChI is InChI=1S/C13H19NO2S2/c1-17-11-8-6-10(7-9-11)14-12-4-3-5-13(12)18(2,15)16/h6-9,12-14H,3-5H2,1-2H3. The van der Waals surface area contributed by atoms with Gasteiger partial charge < -0.3 is 5.32 Å². The number of thioether (sulfide) groups is 1. The Hall–Kier alpha value is -0.680. The van der Waals surface area contributed by atoms with Crippen molar-refractivity contribution >= 4 is 27.3 Å². The molecule has 0 spiro atoms. The lowest BCUT2D eigenvalue weighted by Crippen LogP contribution is -2.34. The third-order valence-corrected chi connectivity index (χ3v) is 5.85. The first-order chi connectivity index (χ1) is 8.50. The molecule has 1 fully saturated rings. The number of sulfone groups is 1. The molecule has 2 rings (SSSR count). The van der Waals surface area contributed by atoms with E-state index in [1.165, 1.54) is 11.2 Å². The predicted molar refractivity (Wildman–Crippen MR) is 78.1 cm³/mol. The largest absolute Gasteiger partial charge is 0.381 e.